The molecule has 0 saturated heterocycles. The summed E-state index contributed by atoms with van der Waals surface area (Å²) in [5, 5.41) is 13.7. The van der Waals surface area contributed by atoms with Crippen LogP contribution in [0.3, 0.4) is 0 Å². The van der Waals surface area contributed by atoms with Gasteiger partial charge in [-0.15, -0.1) is 0 Å². The minimum absolute atomic E-state index is 0.00264. The van der Waals surface area contributed by atoms with Crippen LogP contribution in [0.2, 0.25) is 18.1 Å². The topological polar surface area (TPSA) is 51.0 Å². The minimum atomic E-state index is -1.75. The molecule has 1 aliphatic rings. The molecule has 1 N–H and O–H groups in total. The molecule has 0 fully saturated rings. The first-order valence-electron chi connectivity index (χ1n) is 7.89. The number of nitrogens with zero attached hydrogens (tertiary/aromatic N) is 1. The van der Waals surface area contributed by atoms with E-state index in [1.807, 2.05) is 6.92 Å². The molecule has 0 aromatic rings. The summed E-state index contributed by atoms with van der Waals surface area (Å²) in [6, 6.07) is 0. The van der Waals surface area contributed by atoms with Crippen LogP contribution in [0.15, 0.2) is 5.16 Å². The molecule has 21 heavy (non-hydrogen) atoms. The molecular weight excluding hydrogens is 282 g/mol. The Bertz CT molecular complexity index is 385. The molecule has 4 nitrogen and oxygen atoms in total. The highest BCUT2D eigenvalue weighted by molar-refractivity contribution is 6.74. The molecule has 0 unspecified atom stereocenters. The second-order valence-corrected chi connectivity index (χ2v) is 13.3. The third-order valence-corrected chi connectivity index (χ3v) is 9.48. The van der Waals surface area contributed by atoms with E-state index < -0.39 is 8.32 Å². The number of hydrogen-bond acceptors (Lipinski definition) is 4. The average Bonchev–Trinajstić information content (AvgIpc) is 2.84. The minimum Gasteiger partial charge on any atom is -0.416 e. The van der Waals surface area contributed by atoms with Gasteiger partial charge in [-0.1, -0.05) is 46.7 Å². The molecule has 0 aromatic heterocycles. The second-order valence-electron chi connectivity index (χ2n) is 8.48. The van der Waals surface area contributed by atoms with Crippen molar-refractivity contribution in [3.05, 3.63) is 0 Å². The summed E-state index contributed by atoms with van der Waals surface area (Å²) in [6.07, 6.45) is 0.785. The van der Waals surface area contributed by atoms with Crippen LogP contribution in [0.25, 0.3) is 0 Å². The fourth-order valence-electron chi connectivity index (χ4n) is 1.88. The molecule has 124 valence electrons. The summed E-state index contributed by atoms with van der Waals surface area (Å²) in [5.74, 6) is 0.114. The van der Waals surface area contributed by atoms with Crippen LogP contribution in [0.4, 0.5) is 0 Å². The first-order chi connectivity index (χ1) is 9.40. The summed E-state index contributed by atoms with van der Waals surface area (Å²) in [7, 11) is -1.75. The average molecular weight is 316 g/mol. The lowest BCUT2D eigenvalue weighted by Gasteiger charge is -2.39. The van der Waals surface area contributed by atoms with Crippen molar-refractivity contribution >= 4 is 14.0 Å². The molecule has 1 heterocycles. The van der Waals surface area contributed by atoms with Gasteiger partial charge in [-0.05, 0) is 18.1 Å². The van der Waals surface area contributed by atoms with Gasteiger partial charge in [0.1, 0.15) is 6.10 Å². The number of oxime groups is 1. The lowest BCUT2D eigenvalue weighted by Crippen LogP contribution is -2.44. The Hall–Kier alpha value is -0.393. The Kier molecular flexibility index (Phi) is 5.67. The largest absolute Gasteiger partial charge is 0.416 e. The zero-order valence-corrected chi connectivity index (χ0v) is 16.0. The van der Waals surface area contributed by atoms with Gasteiger partial charge in [0.05, 0.1) is 5.71 Å². The summed E-state index contributed by atoms with van der Waals surface area (Å²) in [6.45, 7) is 18.4. The zero-order chi connectivity index (χ0) is 16.5. The van der Waals surface area contributed by atoms with Crippen molar-refractivity contribution in [2.24, 2.45) is 16.5 Å². The quantitative estimate of drug-likeness (QED) is 0.758. The third kappa shape index (κ3) is 4.54. The molecule has 0 radical (unpaired) electrons. The van der Waals surface area contributed by atoms with E-state index in [0.29, 0.717) is 6.61 Å². The van der Waals surface area contributed by atoms with E-state index in [1.165, 1.54) is 0 Å². The van der Waals surface area contributed by atoms with E-state index in [2.05, 4.69) is 52.9 Å². The Morgan fingerprint density at radius 3 is 2.38 bits per heavy atom. The number of rotatable bonds is 6. The predicted molar refractivity (Wildman–Crippen MR) is 90.1 cm³/mol. The van der Waals surface area contributed by atoms with E-state index in [-0.39, 0.29) is 29.1 Å². The van der Waals surface area contributed by atoms with Gasteiger partial charge in [0.25, 0.3) is 0 Å². The molecule has 0 aliphatic carbocycles. The van der Waals surface area contributed by atoms with Gasteiger partial charge in [-0.3, -0.25) is 0 Å². The Balaban J connectivity index is 2.63. The van der Waals surface area contributed by atoms with E-state index in [1.54, 1.807) is 0 Å². The van der Waals surface area contributed by atoms with Crippen LogP contribution in [0.5, 0.6) is 0 Å². The van der Waals surface area contributed by atoms with Crippen molar-refractivity contribution in [2.45, 2.75) is 72.2 Å². The number of hydrogen-bond donors (Lipinski definition) is 1. The van der Waals surface area contributed by atoms with E-state index in [0.717, 1.165) is 12.1 Å². The van der Waals surface area contributed by atoms with Crippen molar-refractivity contribution in [3.8, 4) is 0 Å². The maximum Gasteiger partial charge on any atom is 0.192 e. The molecule has 1 rings (SSSR count). The molecule has 5 heteroatoms. The lowest BCUT2D eigenvalue weighted by atomic mass is 9.84. The Morgan fingerprint density at radius 2 is 1.90 bits per heavy atom. The molecule has 0 aromatic carbocycles. The summed E-state index contributed by atoms with van der Waals surface area (Å²) >= 11 is 0. The first kappa shape index (κ1) is 18.7. The fourth-order valence-corrected chi connectivity index (χ4v) is 3.03. The molecule has 1 aliphatic heterocycles. The smallest absolute Gasteiger partial charge is 0.192 e. The summed E-state index contributed by atoms with van der Waals surface area (Å²) < 4.78 is 6.35. The highest BCUT2D eigenvalue weighted by Gasteiger charge is 2.41. The van der Waals surface area contributed by atoms with Crippen molar-refractivity contribution in [1.82, 2.24) is 0 Å². The normalized spacial score (nSPS) is 22.0. The van der Waals surface area contributed by atoms with Crippen LogP contribution in [-0.2, 0) is 9.26 Å². The van der Waals surface area contributed by atoms with Crippen LogP contribution >= 0.6 is 0 Å². The highest BCUT2D eigenvalue weighted by Crippen LogP contribution is 2.38. The predicted octanol–water partition coefficient (Wildman–Crippen LogP) is 3.81. The second kappa shape index (κ2) is 6.38. The van der Waals surface area contributed by atoms with Crippen molar-refractivity contribution < 1.29 is 14.4 Å². The van der Waals surface area contributed by atoms with Gasteiger partial charge in [0.2, 0.25) is 0 Å². The lowest BCUT2D eigenvalue weighted by molar-refractivity contribution is 0.0249. The molecule has 0 bridgehead atoms. The molecular formula is C16H33NO3Si. The van der Waals surface area contributed by atoms with Gasteiger partial charge in [0, 0.05) is 31.0 Å². The summed E-state index contributed by atoms with van der Waals surface area (Å²) in [4.78, 5) is 5.49. The molecule has 2 atom stereocenters. The van der Waals surface area contributed by atoms with Gasteiger partial charge in [-0.2, -0.15) is 0 Å². The van der Waals surface area contributed by atoms with Gasteiger partial charge < -0.3 is 14.4 Å². The van der Waals surface area contributed by atoms with Crippen LogP contribution in [-0.4, -0.2) is 38.5 Å². The highest BCUT2D eigenvalue weighted by atomic mass is 28.4. The van der Waals surface area contributed by atoms with Gasteiger partial charge >= 0.3 is 0 Å². The van der Waals surface area contributed by atoms with Crippen molar-refractivity contribution in [1.29, 1.82) is 0 Å². The third-order valence-electron chi connectivity index (χ3n) is 5.00. The van der Waals surface area contributed by atoms with Gasteiger partial charge in [0.15, 0.2) is 8.32 Å². The van der Waals surface area contributed by atoms with E-state index in [9.17, 15) is 5.11 Å². The Morgan fingerprint density at radius 1 is 1.33 bits per heavy atom. The van der Waals surface area contributed by atoms with Crippen LogP contribution < -0.4 is 0 Å². The zero-order valence-electron chi connectivity index (χ0n) is 15.0. The molecule has 0 amide bonds. The molecule has 0 saturated carbocycles. The number of aliphatic hydroxyl groups is 1. The summed E-state index contributed by atoms with van der Waals surface area (Å²) in [5.41, 5.74) is 0.922. The van der Waals surface area contributed by atoms with E-state index in [4.69, 9.17) is 9.26 Å². The van der Waals surface area contributed by atoms with Crippen molar-refractivity contribution in [2.75, 3.05) is 13.2 Å². The fraction of sp³-hybridized carbons (Fsp3) is 0.938. The monoisotopic (exact) mass is 315 g/mol. The van der Waals surface area contributed by atoms with Crippen LogP contribution in [0.1, 0.15) is 48.0 Å². The van der Waals surface area contributed by atoms with Gasteiger partial charge in [-0.25, -0.2) is 0 Å². The maximum atomic E-state index is 9.23. The SMILES string of the molecule is C[C@H](CO)[C@@H]1CC(C(C)(C)CO[Si](C)(C)C(C)(C)C)=NO1. The number of aliphatic hydroxyl groups excluding tert-OH is 1. The van der Waals surface area contributed by atoms with Crippen molar-refractivity contribution in [3.63, 3.8) is 0 Å². The van der Waals surface area contributed by atoms with E-state index >= 15 is 0 Å². The maximum absolute atomic E-state index is 9.23. The Labute approximate surface area is 131 Å². The molecule has 0 spiro atoms. The van der Waals surface area contributed by atoms with Crippen LogP contribution in [0, 0.1) is 11.3 Å². The standard InChI is InChI=1S/C16H33NO3Si/c1-12(10-18)13-9-14(17-20-13)16(5,6)11-19-21(7,8)15(2,3)4/h12-13,18H,9-11H2,1-8H3/t12-,13+/m1/s1. The first-order valence-corrected chi connectivity index (χ1v) is 10.8.